The summed E-state index contributed by atoms with van der Waals surface area (Å²) in [7, 11) is 0. The molecule has 0 saturated carbocycles. The fraction of sp³-hybridized carbons (Fsp3) is 0.450. The van der Waals surface area contributed by atoms with E-state index in [-0.39, 0.29) is 34.4 Å². The van der Waals surface area contributed by atoms with E-state index in [9.17, 15) is 24.6 Å². The number of benzene rings is 1. The van der Waals surface area contributed by atoms with Crippen LogP contribution in [0.15, 0.2) is 12.2 Å². The Kier molecular flexibility index (Phi) is 6.96. The number of hydrogen-bond acceptors (Lipinski definition) is 9. The highest BCUT2D eigenvalue weighted by Gasteiger charge is 2.34. The van der Waals surface area contributed by atoms with Gasteiger partial charge in [-0.15, -0.1) is 0 Å². The van der Waals surface area contributed by atoms with Gasteiger partial charge in [0, 0.05) is 39.6 Å². The molecule has 1 aromatic rings. The standard InChI is InChI=1S/C20H23ClN2O7/c1-12(24)30-11-10-29-9-8-22-4-6-23(7-5-22)18-17(21)19(27)15-13(25)2-3-14(26)16(15)20(18)28/h2-3,27-28H,4-11H2,1H3. The van der Waals surface area contributed by atoms with Crippen LogP contribution in [0.2, 0.25) is 5.02 Å². The summed E-state index contributed by atoms with van der Waals surface area (Å²) in [5.74, 6) is -2.36. The van der Waals surface area contributed by atoms with Crippen LogP contribution in [0.4, 0.5) is 5.69 Å². The van der Waals surface area contributed by atoms with Gasteiger partial charge in [0.05, 0.1) is 24.3 Å². The van der Waals surface area contributed by atoms with E-state index in [1.807, 2.05) is 0 Å². The molecule has 0 bridgehead atoms. The Bertz CT molecular complexity index is 892. The summed E-state index contributed by atoms with van der Waals surface area (Å²) in [4.78, 5) is 38.9. The normalized spacial score (nSPS) is 16.7. The molecule has 1 aliphatic carbocycles. The Labute approximate surface area is 178 Å². The quantitative estimate of drug-likeness (QED) is 0.370. The lowest BCUT2D eigenvalue weighted by Crippen LogP contribution is -2.47. The molecule has 0 radical (unpaired) electrons. The molecule has 1 aliphatic heterocycles. The summed E-state index contributed by atoms with van der Waals surface area (Å²) in [6, 6.07) is 0. The van der Waals surface area contributed by atoms with Crippen molar-refractivity contribution >= 4 is 34.8 Å². The monoisotopic (exact) mass is 438 g/mol. The van der Waals surface area contributed by atoms with Gasteiger partial charge in [-0.3, -0.25) is 19.3 Å². The van der Waals surface area contributed by atoms with Crippen LogP contribution >= 0.6 is 11.6 Å². The Morgan fingerprint density at radius 1 is 1.00 bits per heavy atom. The molecule has 3 rings (SSSR count). The van der Waals surface area contributed by atoms with Gasteiger partial charge in [-0.2, -0.15) is 0 Å². The van der Waals surface area contributed by atoms with Crippen molar-refractivity contribution < 1.29 is 34.1 Å². The number of piperazine rings is 1. The summed E-state index contributed by atoms with van der Waals surface area (Å²) < 4.78 is 10.2. The predicted molar refractivity (Wildman–Crippen MR) is 109 cm³/mol. The highest BCUT2D eigenvalue weighted by atomic mass is 35.5. The molecule has 10 heteroatoms. The van der Waals surface area contributed by atoms with Gasteiger partial charge in [-0.1, -0.05) is 11.6 Å². The molecule has 162 valence electrons. The van der Waals surface area contributed by atoms with Crippen LogP contribution in [0.1, 0.15) is 27.6 Å². The fourth-order valence-corrected chi connectivity index (χ4v) is 3.81. The number of phenolic OH excluding ortho intramolecular Hbond substituents is 2. The second-order valence-electron chi connectivity index (χ2n) is 6.95. The van der Waals surface area contributed by atoms with Crippen molar-refractivity contribution in [1.82, 2.24) is 4.90 Å². The van der Waals surface area contributed by atoms with Gasteiger partial charge in [0.15, 0.2) is 17.3 Å². The second kappa shape index (κ2) is 9.46. The zero-order valence-electron chi connectivity index (χ0n) is 16.5. The largest absolute Gasteiger partial charge is 0.505 e. The zero-order valence-corrected chi connectivity index (χ0v) is 17.3. The molecule has 2 N–H and O–H groups in total. The van der Waals surface area contributed by atoms with E-state index >= 15 is 0 Å². The summed E-state index contributed by atoms with van der Waals surface area (Å²) in [5.41, 5.74) is -0.331. The number of ether oxygens (including phenoxy) is 2. The first-order valence-corrected chi connectivity index (χ1v) is 9.91. The highest BCUT2D eigenvalue weighted by Crippen LogP contribution is 2.48. The highest BCUT2D eigenvalue weighted by molar-refractivity contribution is 6.37. The smallest absolute Gasteiger partial charge is 0.302 e. The molecule has 0 spiro atoms. The van der Waals surface area contributed by atoms with Crippen molar-refractivity contribution in [2.45, 2.75) is 6.92 Å². The van der Waals surface area contributed by atoms with Crippen molar-refractivity contribution in [3.8, 4) is 11.5 Å². The maximum Gasteiger partial charge on any atom is 0.302 e. The number of hydrogen-bond donors (Lipinski definition) is 2. The molecule has 0 atom stereocenters. The van der Waals surface area contributed by atoms with Gasteiger partial charge >= 0.3 is 5.97 Å². The first-order valence-electron chi connectivity index (χ1n) is 9.53. The third-order valence-electron chi connectivity index (χ3n) is 5.02. The van der Waals surface area contributed by atoms with E-state index in [4.69, 9.17) is 21.1 Å². The number of rotatable bonds is 7. The van der Waals surface area contributed by atoms with Crippen molar-refractivity contribution in [3.05, 3.63) is 28.3 Å². The lowest BCUT2D eigenvalue weighted by molar-refractivity contribution is -0.142. The first kappa shape index (κ1) is 22.1. The summed E-state index contributed by atoms with van der Waals surface area (Å²) >= 11 is 6.26. The Hall–Kier alpha value is -2.62. The van der Waals surface area contributed by atoms with Gasteiger partial charge in [0.1, 0.15) is 23.1 Å². The molecule has 9 nitrogen and oxygen atoms in total. The second-order valence-corrected chi connectivity index (χ2v) is 7.33. The Morgan fingerprint density at radius 2 is 1.60 bits per heavy atom. The van der Waals surface area contributed by atoms with Crippen LogP contribution in [0.3, 0.4) is 0 Å². The summed E-state index contributed by atoms with van der Waals surface area (Å²) in [6.07, 6.45) is 2.12. The zero-order chi connectivity index (χ0) is 21.8. The Morgan fingerprint density at radius 3 is 2.20 bits per heavy atom. The van der Waals surface area contributed by atoms with E-state index in [2.05, 4.69) is 4.90 Å². The molecule has 2 aliphatic rings. The van der Waals surface area contributed by atoms with Crippen LogP contribution < -0.4 is 4.90 Å². The van der Waals surface area contributed by atoms with Crippen molar-refractivity contribution in [2.24, 2.45) is 0 Å². The number of anilines is 1. The predicted octanol–water partition coefficient (Wildman–Crippen LogP) is 1.39. The van der Waals surface area contributed by atoms with Crippen LogP contribution in [0, 0.1) is 0 Å². The summed E-state index contributed by atoms with van der Waals surface area (Å²) in [5, 5.41) is 21.0. The number of halogens is 1. The SMILES string of the molecule is CC(=O)OCCOCCN1CCN(c2c(O)c3c(c(O)c2Cl)C(=O)C=CC3=O)CC1. The minimum atomic E-state index is -0.579. The molecule has 0 amide bonds. The molecular weight excluding hydrogens is 416 g/mol. The van der Waals surface area contributed by atoms with Crippen LogP contribution in [-0.4, -0.2) is 85.2 Å². The van der Waals surface area contributed by atoms with Crippen LogP contribution in [-0.2, 0) is 14.3 Å². The van der Waals surface area contributed by atoms with E-state index in [1.54, 1.807) is 4.90 Å². The Balaban J connectivity index is 1.62. The van der Waals surface area contributed by atoms with Crippen LogP contribution in [0.25, 0.3) is 0 Å². The van der Waals surface area contributed by atoms with Crippen molar-refractivity contribution in [1.29, 1.82) is 0 Å². The van der Waals surface area contributed by atoms with E-state index in [0.29, 0.717) is 45.9 Å². The molecular formula is C20H23ClN2O7. The molecule has 0 unspecified atom stereocenters. The number of carbonyl (C=O) groups is 3. The van der Waals surface area contributed by atoms with Gasteiger partial charge in [-0.05, 0) is 12.2 Å². The van der Waals surface area contributed by atoms with E-state index < -0.39 is 23.1 Å². The van der Waals surface area contributed by atoms with E-state index in [1.165, 1.54) is 6.92 Å². The molecule has 30 heavy (non-hydrogen) atoms. The number of allylic oxidation sites excluding steroid dienone is 2. The number of ketones is 2. The van der Waals surface area contributed by atoms with Crippen molar-refractivity contribution in [2.75, 3.05) is 57.4 Å². The molecule has 0 aromatic heterocycles. The maximum absolute atomic E-state index is 12.2. The average Bonchev–Trinajstić information content (AvgIpc) is 2.71. The lowest BCUT2D eigenvalue weighted by Gasteiger charge is -2.37. The molecule has 1 aromatic carbocycles. The lowest BCUT2D eigenvalue weighted by atomic mass is 9.91. The number of phenols is 2. The number of fused-ring (bicyclic) bond motifs is 1. The fourth-order valence-electron chi connectivity index (χ4n) is 3.50. The molecule has 1 saturated heterocycles. The van der Waals surface area contributed by atoms with Gasteiger partial charge in [0.2, 0.25) is 0 Å². The van der Waals surface area contributed by atoms with E-state index in [0.717, 1.165) is 12.2 Å². The van der Waals surface area contributed by atoms with Gasteiger partial charge in [-0.25, -0.2) is 0 Å². The van der Waals surface area contributed by atoms with Crippen molar-refractivity contribution in [3.63, 3.8) is 0 Å². The minimum absolute atomic E-state index is 0.148. The number of nitrogens with zero attached hydrogens (tertiary/aromatic N) is 2. The van der Waals surface area contributed by atoms with Gasteiger partial charge < -0.3 is 24.6 Å². The summed E-state index contributed by atoms with van der Waals surface area (Å²) in [6.45, 7) is 5.35. The average molecular weight is 439 g/mol. The third kappa shape index (κ3) is 4.58. The number of esters is 1. The minimum Gasteiger partial charge on any atom is -0.505 e. The number of carbonyl (C=O) groups excluding carboxylic acids is 3. The topological polar surface area (TPSA) is 117 Å². The third-order valence-corrected chi connectivity index (χ3v) is 5.37. The molecule has 1 fully saturated rings. The van der Waals surface area contributed by atoms with Crippen LogP contribution in [0.5, 0.6) is 11.5 Å². The first-order chi connectivity index (χ1) is 14.3. The van der Waals surface area contributed by atoms with Gasteiger partial charge in [0.25, 0.3) is 0 Å². The molecule has 1 heterocycles. The maximum atomic E-state index is 12.2. The number of aromatic hydroxyl groups is 2.